The van der Waals surface area contributed by atoms with Crippen LogP contribution in [0.4, 0.5) is 11.4 Å². The number of carbonyl (C=O) groups excluding carboxylic acids is 2. The number of nitrogens with one attached hydrogen (secondary N) is 1. The van der Waals surface area contributed by atoms with Crippen molar-refractivity contribution in [1.82, 2.24) is 10.3 Å². The second-order valence-electron chi connectivity index (χ2n) is 8.33. The van der Waals surface area contributed by atoms with Gasteiger partial charge in [0.1, 0.15) is 0 Å². The first-order valence-corrected chi connectivity index (χ1v) is 10.7. The largest absolute Gasteiger partial charge is 0.366 e. The fourth-order valence-electron chi connectivity index (χ4n) is 3.84. The number of ketones is 1. The quantitative estimate of drug-likeness (QED) is 0.724. The summed E-state index contributed by atoms with van der Waals surface area (Å²) in [5.41, 5.74) is 4.12. The third-order valence-electron chi connectivity index (χ3n) is 5.75. The van der Waals surface area contributed by atoms with Gasteiger partial charge in [0, 0.05) is 30.2 Å². The highest BCUT2D eigenvalue weighted by Crippen LogP contribution is 2.41. The predicted molar refractivity (Wildman–Crippen MR) is 121 cm³/mol. The fourth-order valence-corrected chi connectivity index (χ4v) is 3.84. The Bertz CT molecular complexity index is 1100. The van der Waals surface area contributed by atoms with Crippen LogP contribution in [0.15, 0.2) is 77.2 Å². The Balaban J connectivity index is 1.36. The van der Waals surface area contributed by atoms with Crippen molar-refractivity contribution in [3.63, 3.8) is 0 Å². The number of carbonyl (C=O) groups is 2. The lowest BCUT2D eigenvalue weighted by Crippen LogP contribution is -2.29. The molecule has 2 aromatic rings. The number of allylic oxidation sites excluding steroid dienone is 3. The molecule has 1 aromatic heterocycles. The second-order valence-corrected chi connectivity index (χ2v) is 8.33. The van der Waals surface area contributed by atoms with Gasteiger partial charge in [-0.25, -0.2) is 4.99 Å². The minimum atomic E-state index is -0.371. The monoisotopic (exact) mass is 412 g/mol. The lowest BCUT2D eigenvalue weighted by atomic mass is 10.0. The van der Waals surface area contributed by atoms with E-state index in [1.54, 1.807) is 24.4 Å². The number of pyridine rings is 1. The molecule has 0 radical (unpaired) electrons. The third-order valence-corrected chi connectivity index (χ3v) is 5.75. The zero-order valence-electron chi connectivity index (χ0n) is 17.4. The van der Waals surface area contributed by atoms with Crippen LogP contribution in [0, 0.1) is 0 Å². The highest BCUT2D eigenvalue weighted by Gasteiger charge is 2.39. The van der Waals surface area contributed by atoms with E-state index in [9.17, 15) is 9.59 Å². The molecular weight excluding hydrogens is 388 g/mol. The number of benzene rings is 1. The van der Waals surface area contributed by atoms with E-state index in [1.807, 2.05) is 19.1 Å². The molecule has 6 heteroatoms. The lowest BCUT2D eigenvalue weighted by Gasteiger charge is -2.24. The minimum Gasteiger partial charge on any atom is -0.366 e. The van der Waals surface area contributed by atoms with Gasteiger partial charge in [-0.1, -0.05) is 0 Å². The van der Waals surface area contributed by atoms with Crippen LogP contribution in [0.3, 0.4) is 0 Å². The number of hydrogen-bond donors (Lipinski definition) is 1. The first kappa shape index (κ1) is 19.4. The van der Waals surface area contributed by atoms with E-state index < -0.39 is 0 Å². The molecule has 0 atom stereocenters. The van der Waals surface area contributed by atoms with Crippen molar-refractivity contribution < 1.29 is 9.59 Å². The summed E-state index contributed by atoms with van der Waals surface area (Å²) in [5, 5.41) is 2.68. The highest BCUT2D eigenvalue weighted by atomic mass is 16.2. The summed E-state index contributed by atoms with van der Waals surface area (Å²) >= 11 is 0. The van der Waals surface area contributed by atoms with Crippen LogP contribution < -0.4 is 10.2 Å². The maximum Gasteiger partial charge on any atom is 0.257 e. The van der Waals surface area contributed by atoms with Crippen molar-refractivity contribution in [2.24, 2.45) is 4.99 Å². The second kappa shape index (κ2) is 7.95. The molecule has 2 fully saturated rings. The summed E-state index contributed by atoms with van der Waals surface area (Å²) in [6.07, 6.45) is 11.4. The van der Waals surface area contributed by atoms with Crippen LogP contribution >= 0.6 is 0 Å². The van der Waals surface area contributed by atoms with E-state index in [0.717, 1.165) is 11.3 Å². The summed E-state index contributed by atoms with van der Waals surface area (Å²) < 4.78 is 0. The van der Waals surface area contributed by atoms with Gasteiger partial charge in [0.25, 0.3) is 5.91 Å². The molecule has 1 heterocycles. The normalized spacial score (nSPS) is 19.6. The Labute approximate surface area is 181 Å². The van der Waals surface area contributed by atoms with Gasteiger partial charge in [-0.15, -0.1) is 0 Å². The van der Waals surface area contributed by atoms with Gasteiger partial charge < -0.3 is 10.2 Å². The molecule has 156 valence electrons. The maximum absolute atomic E-state index is 12.4. The first-order valence-electron chi connectivity index (χ1n) is 10.7. The SMILES string of the molecule is CC1=CC(=O)C(NC(=O)c2cccnc2)=CC1=Nc1ccc(N(C2CC2)C2CC2)cc1. The van der Waals surface area contributed by atoms with Crippen LogP contribution in [0.25, 0.3) is 0 Å². The van der Waals surface area contributed by atoms with Crippen LogP contribution in [0.2, 0.25) is 0 Å². The Hall–Kier alpha value is -3.54. The number of aromatic nitrogens is 1. The van der Waals surface area contributed by atoms with E-state index in [1.165, 1.54) is 43.6 Å². The molecule has 0 aliphatic heterocycles. The average molecular weight is 412 g/mol. The maximum atomic E-state index is 12.4. The van der Waals surface area contributed by atoms with Gasteiger partial charge >= 0.3 is 0 Å². The molecule has 0 unspecified atom stereocenters. The van der Waals surface area contributed by atoms with Crippen molar-refractivity contribution in [3.8, 4) is 0 Å². The summed E-state index contributed by atoms with van der Waals surface area (Å²) in [7, 11) is 0. The molecular formula is C25H24N4O2. The van der Waals surface area contributed by atoms with Gasteiger partial charge in [0.15, 0.2) is 0 Å². The van der Waals surface area contributed by atoms with Crippen LogP contribution in [0.1, 0.15) is 43.0 Å². The average Bonchev–Trinajstić information content (AvgIpc) is 3.69. The van der Waals surface area contributed by atoms with E-state index in [-0.39, 0.29) is 17.4 Å². The number of hydrogen-bond acceptors (Lipinski definition) is 5. The molecule has 0 bridgehead atoms. The fraction of sp³-hybridized carbons (Fsp3) is 0.280. The van der Waals surface area contributed by atoms with Gasteiger partial charge in [-0.2, -0.15) is 0 Å². The van der Waals surface area contributed by atoms with E-state index in [0.29, 0.717) is 23.4 Å². The van der Waals surface area contributed by atoms with Crippen LogP contribution in [-0.4, -0.2) is 34.5 Å². The molecule has 1 amide bonds. The number of nitrogens with zero attached hydrogens (tertiary/aromatic N) is 3. The van der Waals surface area contributed by atoms with E-state index in [2.05, 4.69) is 27.3 Å². The summed E-state index contributed by atoms with van der Waals surface area (Å²) in [5.74, 6) is -0.613. The standard InChI is InChI=1S/C25H24N4O2/c1-16-13-24(30)23(28-25(31)17-3-2-12-26-15-17)14-22(16)27-18-4-6-19(7-5-18)29(20-8-9-20)21-10-11-21/h2-7,12-15,20-21H,8-11H2,1H3,(H,28,31). The predicted octanol–water partition coefficient (Wildman–Crippen LogP) is 4.13. The van der Waals surface area contributed by atoms with Crippen molar-refractivity contribution in [3.05, 3.63) is 77.8 Å². The minimum absolute atomic E-state index is 0.212. The number of anilines is 1. The molecule has 1 aromatic carbocycles. The number of rotatable bonds is 6. The molecule has 0 spiro atoms. The van der Waals surface area contributed by atoms with Gasteiger partial charge in [0.05, 0.1) is 22.7 Å². The zero-order chi connectivity index (χ0) is 21.4. The molecule has 3 aliphatic carbocycles. The number of aliphatic imine (C=N–C) groups is 1. The summed E-state index contributed by atoms with van der Waals surface area (Å²) in [6.45, 7) is 1.85. The molecule has 6 nitrogen and oxygen atoms in total. The molecule has 1 N–H and O–H groups in total. The van der Waals surface area contributed by atoms with Crippen LogP contribution in [0.5, 0.6) is 0 Å². The summed E-state index contributed by atoms with van der Waals surface area (Å²) in [6, 6.07) is 13.1. The van der Waals surface area contributed by atoms with Crippen molar-refractivity contribution in [2.45, 2.75) is 44.7 Å². The molecule has 3 aliphatic rings. The van der Waals surface area contributed by atoms with Gasteiger partial charge in [0.2, 0.25) is 5.78 Å². The lowest BCUT2D eigenvalue weighted by molar-refractivity contribution is -0.111. The Morgan fingerprint density at radius 3 is 2.39 bits per heavy atom. The highest BCUT2D eigenvalue weighted by molar-refractivity contribution is 6.23. The van der Waals surface area contributed by atoms with Gasteiger partial charge in [-0.3, -0.25) is 14.6 Å². The molecule has 2 saturated carbocycles. The van der Waals surface area contributed by atoms with Crippen molar-refractivity contribution in [1.29, 1.82) is 0 Å². The van der Waals surface area contributed by atoms with E-state index >= 15 is 0 Å². The van der Waals surface area contributed by atoms with E-state index in [4.69, 9.17) is 4.99 Å². The van der Waals surface area contributed by atoms with Crippen LogP contribution in [-0.2, 0) is 4.79 Å². The third kappa shape index (κ3) is 4.33. The zero-order valence-corrected chi connectivity index (χ0v) is 17.4. The molecule has 0 saturated heterocycles. The Morgan fingerprint density at radius 2 is 1.77 bits per heavy atom. The first-order chi connectivity index (χ1) is 15.1. The van der Waals surface area contributed by atoms with Crippen molar-refractivity contribution >= 4 is 28.8 Å². The topological polar surface area (TPSA) is 74.7 Å². The number of amides is 1. The Kier molecular flexibility index (Phi) is 4.98. The van der Waals surface area contributed by atoms with Gasteiger partial charge in [-0.05, 0) is 86.7 Å². The molecule has 5 rings (SSSR count). The Morgan fingerprint density at radius 1 is 1.06 bits per heavy atom. The smallest absolute Gasteiger partial charge is 0.257 e. The molecule has 31 heavy (non-hydrogen) atoms. The van der Waals surface area contributed by atoms with Crippen molar-refractivity contribution in [2.75, 3.05) is 4.90 Å². The summed E-state index contributed by atoms with van der Waals surface area (Å²) in [4.78, 5) is 36.0.